The summed E-state index contributed by atoms with van der Waals surface area (Å²) in [4.78, 5) is 12.8. The number of hydrogen-bond donors (Lipinski definition) is 1. The lowest BCUT2D eigenvalue weighted by Gasteiger charge is -2.17. The maximum Gasteiger partial charge on any atom is 0.292 e. The fourth-order valence-electron chi connectivity index (χ4n) is 2.61. The Kier molecular flexibility index (Phi) is 5.34. The topological polar surface area (TPSA) is 81.1 Å². The molecule has 1 atom stereocenters. The molecule has 1 N–H and O–H groups in total. The van der Waals surface area contributed by atoms with Crippen LogP contribution in [0.3, 0.4) is 0 Å². The first-order valence-electron chi connectivity index (χ1n) is 8.17. The van der Waals surface area contributed by atoms with Crippen molar-refractivity contribution >= 4 is 27.1 Å². The molecule has 1 unspecified atom stereocenters. The van der Waals surface area contributed by atoms with Crippen molar-refractivity contribution in [3.63, 3.8) is 0 Å². The normalized spacial score (nSPS) is 12.6. The third-order valence-corrected chi connectivity index (χ3v) is 5.59. The minimum absolute atomic E-state index is 0.0356. The van der Waals surface area contributed by atoms with Gasteiger partial charge in [-0.25, -0.2) is 8.42 Å². The van der Waals surface area contributed by atoms with Crippen LogP contribution in [0.2, 0.25) is 5.02 Å². The van der Waals surface area contributed by atoms with E-state index in [4.69, 9.17) is 11.6 Å². The van der Waals surface area contributed by atoms with Crippen LogP contribution in [0.15, 0.2) is 70.5 Å². The molecule has 0 spiro atoms. The second kappa shape index (κ2) is 7.54. The molecule has 27 heavy (non-hydrogen) atoms. The maximum absolute atomic E-state index is 12.5. The van der Waals surface area contributed by atoms with Gasteiger partial charge in [-0.05, 0) is 36.8 Å². The number of sulfone groups is 1. The molecule has 0 aliphatic carbocycles. The van der Waals surface area contributed by atoms with Crippen molar-refractivity contribution < 1.29 is 8.42 Å². The van der Waals surface area contributed by atoms with E-state index in [0.717, 1.165) is 11.8 Å². The first kappa shape index (κ1) is 19.1. The number of hydrogen-bond acceptors (Lipinski definition) is 5. The second-order valence-corrected chi connectivity index (χ2v) is 8.53. The van der Waals surface area contributed by atoms with E-state index in [2.05, 4.69) is 10.4 Å². The van der Waals surface area contributed by atoms with Crippen molar-refractivity contribution in [3.8, 4) is 5.69 Å². The van der Waals surface area contributed by atoms with Crippen LogP contribution in [0.5, 0.6) is 0 Å². The molecule has 2 aromatic carbocycles. The number of nitrogens with one attached hydrogen (secondary N) is 1. The van der Waals surface area contributed by atoms with Crippen LogP contribution in [0, 0.1) is 0 Å². The Bertz CT molecular complexity index is 1110. The SMILES string of the molecule is CC(Nc1cnn(-c2ccccc2)c(=O)c1Cl)c1ccc(S(C)(=O)=O)cc1. The summed E-state index contributed by atoms with van der Waals surface area (Å²) in [6, 6.07) is 15.4. The van der Waals surface area contributed by atoms with Gasteiger partial charge in [0.15, 0.2) is 9.84 Å². The molecule has 1 heterocycles. The van der Waals surface area contributed by atoms with Crippen molar-refractivity contribution in [2.75, 3.05) is 11.6 Å². The third kappa shape index (κ3) is 4.20. The monoisotopic (exact) mass is 403 g/mol. The molecule has 6 nitrogen and oxygen atoms in total. The van der Waals surface area contributed by atoms with E-state index in [1.807, 2.05) is 25.1 Å². The number of halogens is 1. The molecule has 1 aromatic heterocycles. The number of anilines is 1. The average molecular weight is 404 g/mol. The van der Waals surface area contributed by atoms with Crippen LogP contribution >= 0.6 is 11.6 Å². The van der Waals surface area contributed by atoms with Crippen molar-refractivity contribution in [2.24, 2.45) is 0 Å². The largest absolute Gasteiger partial charge is 0.376 e. The van der Waals surface area contributed by atoms with E-state index in [0.29, 0.717) is 11.4 Å². The summed E-state index contributed by atoms with van der Waals surface area (Å²) in [6.45, 7) is 1.88. The van der Waals surface area contributed by atoms with E-state index < -0.39 is 15.4 Å². The Morgan fingerprint density at radius 3 is 2.30 bits per heavy atom. The van der Waals surface area contributed by atoms with Crippen LogP contribution in [-0.2, 0) is 9.84 Å². The first-order valence-corrected chi connectivity index (χ1v) is 10.4. The molecule has 0 aliphatic rings. The molecule has 3 rings (SSSR count). The molecule has 140 valence electrons. The van der Waals surface area contributed by atoms with E-state index in [-0.39, 0.29) is 16.0 Å². The Morgan fingerprint density at radius 1 is 1.07 bits per heavy atom. The van der Waals surface area contributed by atoms with E-state index in [1.54, 1.807) is 36.4 Å². The van der Waals surface area contributed by atoms with Gasteiger partial charge in [0.2, 0.25) is 0 Å². The van der Waals surface area contributed by atoms with Crippen LogP contribution in [0.4, 0.5) is 5.69 Å². The quantitative estimate of drug-likeness (QED) is 0.705. The molecule has 0 saturated heterocycles. The number of nitrogens with zero attached hydrogens (tertiary/aromatic N) is 2. The van der Waals surface area contributed by atoms with Crippen molar-refractivity contribution in [2.45, 2.75) is 17.9 Å². The maximum atomic E-state index is 12.5. The highest BCUT2D eigenvalue weighted by atomic mass is 35.5. The molecule has 0 aliphatic heterocycles. The molecule has 8 heteroatoms. The lowest BCUT2D eigenvalue weighted by atomic mass is 10.1. The number of para-hydroxylation sites is 1. The third-order valence-electron chi connectivity index (χ3n) is 4.10. The minimum atomic E-state index is -3.24. The Labute approximate surface area is 162 Å². The fourth-order valence-corrected chi connectivity index (χ4v) is 3.42. The lowest BCUT2D eigenvalue weighted by Crippen LogP contribution is -2.23. The lowest BCUT2D eigenvalue weighted by molar-refractivity contribution is 0.602. The van der Waals surface area contributed by atoms with E-state index in [1.165, 1.54) is 10.9 Å². The minimum Gasteiger partial charge on any atom is -0.376 e. The summed E-state index contributed by atoms with van der Waals surface area (Å²) in [5, 5.41) is 7.36. The summed E-state index contributed by atoms with van der Waals surface area (Å²) in [5.41, 5.74) is 1.46. The predicted molar refractivity (Wildman–Crippen MR) is 106 cm³/mol. The molecular weight excluding hydrogens is 386 g/mol. The average Bonchev–Trinajstić information content (AvgIpc) is 2.65. The number of aromatic nitrogens is 2. The van der Waals surface area contributed by atoms with E-state index >= 15 is 0 Å². The molecule has 0 fully saturated rings. The fraction of sp³-hybridized carbons (Fsp3) is 0.158. The van der Waals surface area contributed by atoms with Crippen LogP contribution < -0.4 is 10.9 Å². The summed E-state index contributed by atoms with van der Waals surface area (Å²) in [5.74, 6) is 0. The molecule has 0 bridgehead atoms. The smallest absolute Gasteiger partial charge is 0.292 e. The zero-order valence-electron chi connectivity index (χ0n) is 14.8. The predicted octanol–water partition coefficient (Wildman–Crippen LogP) is 3.46. The zero-order chi connectivity index (χ0) is 19.6. The van der Waals surface area contributed by atoms with Gasteiger partial charge in [0.1, 0.15) is 5.02 Å². The second-order valence-electron chi connectivity index (χ2n) is 6.13. The van der Waals surface area contributed by atoms with Crippen LogP contribution in [0.25, 0.3) is 5.69 Å². The standard InChI is InChI=1S/C19H18ClN3O3S/c1-13(14-8-10-16(11-9-14)27(2,25)26)22-17-12-21-23(19(24)18(17)20)15-6-4-3-5-7-15/h3-13,22H,1-2H3. The van der Waals surface area contributed by atoms with Gasteiger partial charge < -0.3 is 5.32 Å². The number of benzene rings is 2. The van der Waals surface area contributed by atoms with Gasteiger partial charge in [0.25, 0.3) is 5.56 Å². The molecule has 0 amide bonds. The Hall–Kier alpha value is -2.64. The Morgan fingerprint density at radius 2 is 1.70 bits per heavy atom. The van der Waals surface area contributed by atoms with Gasteiger partial charge in [-0.1, -0.05) is 41.9 Å². The van der Waals surface area contributed by atoms with Crippen molar-refractivity contribution in [1.82, 2.24) is 9.78 Å². The van der Waals surface area contributed by atoms with Gasteiger partial charge in [-0.3, -0.25) is 4.79 Å². The Balaban J connectivity index is 1.85. The highest BCUT2D eigenvalue weighted by Crippen LogP contribution is 2.24. The van der Waals surface area contributed by atoms with Gasteiger partial charge in [-0.2, -0.15) is 9.78 Å². The summed E-state index contributed by atoms with van der Waals surface area (Å²) >= 11 is 6.25. The van der Waals surface area contributed by atoms with Crippen LogP contribution in [0.1, 0.15) is 18.5 Å². The van der Waals surface area contributed by atoms with E-state index in [9.17, 15) is 13.2 Å². The summed E-state index contributed by atoms with van der Waals surface area (Å²) in [6.07, 6.45) is 2.66. The molecule has 0 radical (unpaired) electrons. The first-order chi connectivity index (χ1) is 12.8. The summed E-state index contributed by atoms with van der Waals surface area (Å²) in [7, 11) is -3.24. The van der Waals surface area contributed by atoms with Gasteiger partial charge in [0.05, 0.1) is 22.5 Å². The highest BCUT2D eigenvalue weighted by Gasteiger charge is 2.14. The van der Waals surface area contributed by atoms with Crippen molar-refractivity contribution in [3.05, 3.63) is 81.7 Å². The molecule has 3 aromatic rings. The zero-order valence-corrected chi connectivity index (χ0v) is 16.3. The van der Waals surface area contributed by atoms with Gasteiger partial charge in [0, 0.05) is 12.3 Å². The van der Waals surface area contributed by atoms with Gasteiger partial charge >= 0.3 is 0 Å². The highest BCUT2D eigenvalue weighted by molar-refractivity contribution is 7.90. The van der Waals surface area contributed by atoms with Crippen molar-refractivity contribution in [1.29, 1.82) is 0 Å². The number of rotatable bonds is 5. The van der Waals surface area contributed by atoms with Crippen LogP contribution in [-0.4, -0.2) is 24.5 Å². The van der Waals surface area contributed by atoms with Gasteiger partial charge in [-0.15, -0.1) is 0 Å². The summed E-state index contributed by atoms with van der Waals surface area (Å²) < 4.78 is 24.4. The molecule has 0 saturated carbocycles. The molecular formula is C19H18ClN3O3S.